The maximum Gasteiger partial charge on any atom is 0.335 e. The zero-order valence-corrected chi connectivity index (χ0v) is 7.70. The first-order valence-electron chi connectivity index (χ1n) is 4.34. The molecule has 1 rings (SSSR count). The molecule has 14 heavy (non-hydrogen) atoms. The van der Waals surface area contributed by atoms with Gasteiger partial charge in [0, 0.05) is 5.92 Å². The van der Waals surface area contributed by atoms with E-state index in [1.54, 1.807) is 0 Å². The monoisotopic (exact) mass is 206 g/mol. The van der Waals surface area contributed by atoms with E-state index >= 15 is 0 Å². The van der Waals surface area contributed by atoms with Crippen molar-refractivity contribution in [2.24, 2.45) is 5.92 Å². The zero-order chi connectivity index (χ0) is 10.9. The van der Waals surface area contributed by atoms with E-state index in [1.807, 2.05) is 0 Å². The number of hydrogen-bond donors (Lipinski definition) is 4. The molecule has 6 heteroatoms. The lowest BCUT2D eigenvalue weighted by molar-refractivity contribution is -0.214. The Morgan fingerprint density at radius 2 is 1.93 bits per heavy atom. The second-order valence-electron chi connectivity index (χ2n) is 3.46. The number of aliphatic hydroxyl groups excluding tert-OH is 3. The molecule has 1 fully saturated rings. The van der Waals surface area contributed by atoms with Crippen LogP contribution in [0.2, 0.25) is 0 Å². The molecule has 0 aromatic carbocycles. The fraction of sp³-hybridized carbons (Fsp3) is 0.875. The molecule has 1 aliphatic heterocycles. The molecule has 1 heterocycles. The summed E-state index contributed by atoms with van der Waals surface area (Å²) in [7, 11) is 0. The average Bonchev–Trinajstić information content (AvgIpc) is 2.14. The van der Waals surface area contributed by atoms with E-state index < -0.39 is 42.9 Å². The molecule has 0 aromatic heterocycles. The molecule has 0 radical (unpaired) electrons. The van der Waals surface area contributed by atoms with Gasteiger partial charge in [0.2, 0.25) is 0 Å². The van der Waals surface area contributed by atoms with Gasteiger partial charge in [-0.3, -0.25) is 0 Å². The number of ether oxygens (including phenoxy) is 1. The summed E-state index contributed by atoms with van der Waals surface area (Å²) in [6.45, 7) is 1.04. The molecule has 0 unspecified atom stereocenters. The topological polar surface area (TPSA) is 107 Å². The Morgan fingerprint density at radius 1 is 1.36 bits per heavy atom. The van der Waals surface area contributed by atoms with Crippen LogP contribution in [0.3, 0.4) is 0 Å². The van der Waals surface area contributed by atoms with Gasteiger partial charge < -0.3 is 25.2 Å². The fourth-order valence-electron chi connectivity index (χ4n) is 1.52. The molecule has 4 N–H and O–H groups in total. The fourth-order valence-corrected chi connectivity index (χ4v) is 1.52. The minimum atomic E-state index is -1.38. The summed E-state index contributed by atoms with van der Waals surface area (Å²) in [5.74, 6) is -1.93. The van der Waals surface area contributed by atoms with Crippen LogP contribution in [0.15, 0.2) is 0 Å². The lowest BCUT2D eigenvalue weighted by Crippen LogP contribution is -2.56. The van der Waals surface area contributed by atoms with Gasteiger partial charge in [0.15, 0.2) is 6.10 Å². The Bertz CT molecular complexity index is 216. The van der Waals surface area contributed by atoms with Crippen LogP contribution in [0.1, 0.15) is 6.92 Å². The van der Waals surface area contributed by atoms with Crippen molar-refractivity contribution in [1.82, 2.24) is 0 Å². The van der Waals surface area contributed by atoms with E-state index in [0.717, 1.165) is 0 Å². The summed E-state index contributed by atoms with van der Waals surface area (Å²) in [6.07, 6.45) is -4.64. The molecular formula is C8H14O6. The summed E-state index contributed by atoms with van der Waals surface area (Å²) in [5.41, 5.74) is 0. The first-order chi connectivity index (χ1) is 6.49. The van der Waals surface area contributed by atoms with Crippen LogP contribution in [0.4, 0.5) is 0 Å². The van der Waals surface area contributed by atoms with Gasteiger partial charge >= 0.3 is 5.97 Å². The Labute approximate surface area is 80.7 Å². The highest BCUT2D eigenvalue weighted by molar-refractivity contribution is 5.73. The van der Waals surface area contributed by atoms with Gasteiger partial charge in [0.05, 0.1) is 18.8 Å². The van der Waals surface area contributed by atoms with Crippen LogP contribution in [0, 0.1) is 5.92 Å². The maximum atomic E-state index is 10.6. The zero-order valence-electron chi connectivity index (χ0n) is 7.70. The van der Waals surface area contributed by atoms with E-state index in [4.69, 9.17) is 14.9 Å². The molecule has 5 atom stereocenters. The van der Waals surface area contributed by atoms with Crippen molar-refractivity contribution in [2.45, 2.75) is 31.3 Å². The number of aliphatic carboxylic acids is 1. The predicted octanol–water partition coefficient (Wildman–Crippen LogP) is -1.81. The minimum Gasteiger partial charge on any atom is -0.479 e. The summed E-state index contributed by atoms with van der Waals surface area (Å²) < 4.78 is 4.84. The highest BCUT2D eigenvalue weighted by Gasteiger charge is 2.44. The highest BCUT2D eigenvalue weighted by atomic mass is 16.6. The quantitative estimate of drug-likeness (QED) is 0.424. The summed E-state index contributed by atoms with van der Waals surface area (Å²) in [5, 5.41) is 36.4. The van der Waals surface area contributed by atoms with E-state index in [1.165, 1.54) is 6.92 Å². The SMILES string of the molecule is C[C@@H]1[C@@H](O)[C@H](C(=O)O)O[C@H](CO)[C@H]1O. The number of carboxylic acid groups (broad SMARTS) is 1. The second kappa shape index (κ2) is 4.22. The van der Waals surface area contributed by atoms with Crippen molar-refractivity contribution in [1.29, 1.82) is 0 Å². The lowest BCUT2D eigenvalue weighted by Gasteiger charge is -2.39. The molecule has 0 bridgehead atoms. The van der Waals surface area contributed by atoms with Crippen molar-refractivity contribution in [3.63, 3.8) is 0 Å². The van der Waals surface area contributed by atoms with Crippen molar-refractivity contribution < 1.29 is 30.0 Å². The van der Waals surface area contributed by atoms with Crippen LogP contribution in [0.5, 0.6) is 0 Å². The minimum absolute atomic E-state index is 0.470. The predicted molar refractivity (Wildman–Crippen MR) is 44.6 cm³/mol. The number of hydrogen-bond acceptors (Lipinski definition) is 5. The van der Waals surface area contributed by atoms with Crippen molar-refractivity contribution in [2.75, 3.05) is 6.61 Å². The van der Waals surface area contributed by atoms with Crippen molar-refractivity contribution in [3.8, 4) is 0 Å². The maximum absolute atomic E-state index is 10.6. The van der Waals surface area contributed by atoms with Crippen LogP contribution < -0.4 is 0 Å². The van der Waals surface area contributed by atoms with Crippen LogP contribution in [-0.4, -0.2) is 57.4 Å². The van der Waals surface area contributed by atoms with E-state index in [9.17, 15) is 15.0 Å². The van der Waals surface area contributed by atoms with Gasteiger partial charge in [-0.25, -0.2) is 4.79 Å². The van der Waals surface area contributed by atoms with Gasteiger partial charge in [0.25, 0.3) is 0 Å². The van der Waals surface area contributed by atoms with Gasteiger partial charge in [-0.15, -0.1) is 0 Å². The third-order valence-corrected chi connectivity index (χ3v) is 2.51. The Kier molecular flexibility index (Phi) is 3.43. The van der Waals surface area contributed by atoms with Gasteiger partial charge in [-0.2, -0.15) is 0 Å². The normalized spacial score (nSPS) is 43.6. The van der Waals surface area contributed by atoms with E-state index in [0.29, 0.717) is 0 Å². The number of aliphatic hydroxyl groups is 3. The van der Waals surface area contributed by atoms with Gasteiger partial charge in [-0.05, 0) is 0 Å². The number of rotatable bonds is 2. The summed E-state index contributed by atoms with van der Waals surface area (Å²) in [4.78, 5) is 10.6. The summed E-state index contributed by atoms with van der Waals surface area (Å²) >= 11 is 0. The summed E-state index contributed by atoms with van der Waals surface area (Å²) in [6, 6.07) is 0. The van der Waals surface area contributed by atoms with Crippen molar-refractivity contribution in [3.05, 3.63) is 0 Å². The molecule has 0 aromatic rings. The molecule has 0 aliphatic carbocycles. The second-order valence-corrected chi connectivity index (χ2v) is 3.46. The van der Waals surface area contributed by atoms with Crippen LogP contribution in [0.25, 0.3) is 0 Å². The van der Waals surface area contributed by atoms with Crippen LogP contribution >= 0.6 is 0 Å². The Hall–Kier alpha value is -0.690. The van der Waals surface area contributed by atoms with E-state index in [-0.39, 0.29) is 0 Å². The molecule has 1 saturated heterocycles. The molecule has 0 amide bonds. The number of carbonyl (C=O) groups is 1. The largest absolute Gasteiger partial charge is 0.479 e. The van der Waals surface area contributed by atoms with Gasteiger partial charge in [0.1, 0.15) is 6.10 Å². The Morgan fingerprint density at radius 3 is 2.36 bits per heavy atom. The van der Waals surface area contributed by atoms with Crippen LogP contribution in [-0.2, 0) is 9.53 Å². The molecule has 6 nitrogen and oxygen atoms in total. The molecule has 1 aliphatic rings. The first-order valence-corrected chi connectivity index (χ1v) is 4.34. The third-order valence-electron chi connectivity index (χ3n) is 2.51. The lowest BCUT2D eigenvalue weighted by atomic mass is 9.88. The van der Waals surface area contributed by atoms with Crippen molar-refractivity contribution >= 4 is 5.97 Å². The van der Waals surface area contributed by atoms with E-state index in [2.05, 4.69) is 0 Å². The smallest absolute Gasteiger partial charge is 0.335 e. The standard InChI is InChI=1S/C8H14O6/c1-3-5(10)4(2-9)14-7(6(3)11)8(12)13/h3-7,9-11H,2H2,1H3,(H,12,13)/t3-,4+,5-,6+,7+/m0/s1. The number of carboxylic acids is 1. The molecular weight excluding hydrogens is 192 g/mol. The average molecular weight is 206 g/mol. The van der Waals surface area contributed by atoms with Gasteiger partial charge in [-0.1, -0.05) is 6.92 Å². The highest BCUT2D eigenvalue weighted by Crippen LogP contribution is 2.25. The molecule has 0 saturated carbocycles. The first kappa shape index (κ1) is 11.4. The Balaban J connectivity index is 2.78. The molecule has 0 spiro atoms. The third kappa shape index (κ3) is 1.88. The molecule has 82 valence electrons.